The number of benzene rings is 1. The summed E-state index contributed by atoms with van der Waals surface area (Å²) in [5.41, 5.74) is 1.81. The minimum atomic E-state index is -0.535. The van der Waals surface area contributed by atoms with Crippen LogP contribution in [0.1, 0.15) is 22.2 Å². The second-order valence-corrected chi connectivity index (χ2v) is 5.40. The number of aryl methyl sites for hydroxylation is 1. The maximum absolute atomic E-state index is 11.9. The minimum Gasteiger partial charge on any atom is -0.451 e. The Kier molecular flexibility index (Phi) is 4.01. The van der Waals surface area contributed by atoms with Gasteiger partial charge in [-0.05, 0) is 25.1 Å². The van der Waals surface area contributed by atoms with Gasteiger partial charge < -0.3 is 9.26 Å². The predicted octanol–water partition coefficient (Wildman–Crippen LogP) is 2.89. The Hall–Kier alpha value is -2.48. The van der Waals surface area contributed by atoms with Crippen LogP contribution in [0.3, 0.4) is 0 Å². The van der Waals surface area contributed by atoms with Crippen LogP contribution in [0, 0.1) is 6.92 Å². The van der Waals surface area contributed by atoms with E-state index in [2.05, 4.69) is 36.3 Å². The first kappa shape index (κ1) is 14.5. The molecule has 2 heterocycles. The van der Waals surface area contributed by atoms with Crippen LogP contribution in [0.25, 0.3) is 11.3 Å². The van der Waals surface area contributed by atoms with Crippen LogP contribution >= 0.6 is 15.9 Å². The molecule has 0 aliphatic heterocycles. The molecular formula is C14H11BrN4O3. The lowest BCUT2D eigenvalue weighted by molar-refractivity contribution is 0.0423. The molecule has 0 atom stereocenters. The molecule has 0 spiro atoms. The number of aromatic nitrogens is 4. The van der Waals surface area contributed by atoms with E-state index >= 15 is 0 Å². The molecule has 0 fully saturated rings. The topological polar surface area (TPSA) is 93.9 Å². The number of esters is 1. The molecule has 22 heavy (non-hydrogen) atoms. The molecule has 112 valence electrons. The summed E-state index contributed by atoms with van der Waals surface area (Å²) in [7, 11) is 0. The Balaban J connectivity index is 1.67. The molecule has 3 rings (SSSR count). The molecule has 0 aliphatic carbocycles. The quantitative estimate of drug-likeness (QED) is 0.717. The van der Waals surface area contributed by atoms with Gasteiger partial charge in [0.05, 0.1) is 5.69 Å². The standard InChI is InChI=1S/C14H11BrN4O3/c1-8-16-13(22-19-8)7-21-14(20)12-6-11(17-18-12)9-2-4-10(15)5-3-9/h2-6H,7H2,1H3,(H,17,18). The number of halogens is 1. The zero-order valence-electron chi connectivity index (χ0n) is 11.5. The Morgan fingerprint density at radius 3 is 2.82 bits per heavy atom. The average Bonchev–Trinajstić information content (AvgIpc) is 3.15. The van der Waals surface area contributed by atoms with Crippen molar-refractivity contribution in [3.63, 3.8) is 0 Å². The number of carbonyl (C=O) groups is 1. The highest BCUT2D eigenvalue weighted by atomic mass is 79.9. The number of hydrogen-bond acceptors (Lipinski definition) is 6. The molecule has 7 nitrogen and oxygen atoms in total. The fraction of sp³-hybridized carbons (Fsp3) is 0.143. The van der Waals surface area contributed by atoms with Crippen LogP contribution in [0.15, 0.2) is 39.3 Å². The number of carbonyl (C=O) groups excluding carboxylic acids is 1. The van der Waals surface area contributed by atoms with E-state index < -0.39 is 5.97 Å². The van der Waals surface area contributed by atoms with E-state index in [0.717, 1.165) is 10.0 Å². The van der Waals surface area contributed by atoms with E-state index in [0.29, 0.717) is 11.5 Å². The van der Waals surface area contributed by atoms with Gasteiger partial charge in [-0.1, -0.05) is 33.2 Å². The van der Waals surface area contributed by atoms with Crippen LogP contribution in [-0.2, 0) is 11.3 Å². The fourth-order valence-corrected chi connectivity index (χ4v) is 2.06. The van der Waals surface area contributed by atoms with Crippen molar-refractivity contribution >= 4 is 21.9 Å². The molecule has 0 radical (unpaired) electrons. The molecular weight excluding hydrogens is 352 g/mol. The van der Waals surface area contributed by atoms with Gasteiger partial charge in [-0.15, -0.1) is 0 Å². The SMILES string of the molecule is Cc1noc(COC(=O)c2cc(-c3ccc(Br)cc3)n[nH]2)n1. The monoisotopic (exact) mass is 362 g/mol. The van der Waals surface area contributed by atoms with Crippen molar-refractivity contribution < 1.29 is 14.1 Å². The third kappa shape index (κ3) is 3.22. The second kappa shape index (κ2) is 6.10. The molecule has 0 amide bonds. The lowest BCUT2D eigenvalue weighted by atomic mass is 10.1. The van der Waals surface area contributed by atoms with Crippen molar-refractivity contribution in [1.29, 1.82) is 0 Å². The summed E-state index contributed by atoms with van der Waals surface area (Å²) in [6.07, 6.45) is 0. The normalized spacial score (nSPS) is 10.6. The molecule has 1 N–H and O–H groups in total. The molecule has 0 aliphatic rings. The molecule has 0 saturated carbocycles. The smallest absolute Gasteiger partial charge is 0.356 e. The van der Waals surface area contributed by atoms with Gasteiger partial charge >= 0.3 is 5.97 Å². The third-order valence-electron chi connectivity index (χ3n) is 2.83. The lowest BCUT2D eigenvalue weighted by Crippen LogP contribution is -2.05. The second-order valence-electron chi connectivity index (χ2n) is 4.49. The highest BCUT2D eigenvalue weighted by Crippen LogP contribution is 2.20. The van der Waals surface area contributed by atoms with E-state index in [4.69, 9.17) is 9.26 Å². The zero-order valence-corrected chi connectivity index (χ0v) is 13.1. The molecule has 8 heteroatoms. The van der Waals surface area contributed by atoms with E-state index in [1.54, 1.807) is 13.0 Å². The van der Waals surface area contributed by atoms with Crippen LogP contribution < -0.4 is 0 Å². The highest BCUT2D eigenvalue weighted by Gasteiger charge is 2.14. The average molecular weight is 363 g/mol. The van der Waals surface area contributed by atoms with Gasteiger partial charge in [0.15, 0.2) is 12.4 Å². The van der Waals surface area contributed by atoms with Gasteiger partial charge in [-0.2, -0.15) is 10.1 Å². The number of nitrogens with one attached hydrogen (secondary N) is 1. The summed E-state index contributed by atoms with van der Waals surface area (Å²) in [5, 5.41) is 10.4. The summed E-state index contributed by atoms with van der Waals surface area (Å²) < 4.78 is 10.9. The lowest BCUT2D eigenvalue weighted by Gasteiger charge is -1.98. The Morgan fingerprint density at radius 1 is 1.36 bits per heavy atom. The van der Waals surface area contributed by atoms with Crippen LogP contribution in [0.4, 0.5) is 0 Å². The number of H-pyrrole nitrogens is 1. The van der Waals surface area contributed by atoms with Gasteiger partial charge in [0.2, 0.25) is 0 Å². The first-order valence-corrected chi connectivity index (χ1v) is 7.19. The van der Waals surface area contributed by atoms with Crippen molar-refractivity contribution in [2.45, 2.75) is 13.5 Å². The van der Waals surface area contributed by atoms with Crippen molar-refractivity contribution in [2.75, 3.05) is 0 Å². The number of nitrogens with zero attached hydrogens (tertiary/aromatic N) is 3. The van der Waals surface area contributed by atoms with Gasteiger partial charge in [0.1, 0.15) is 5.69 Å². The van der Waals surface area contributed by atoms with Gasteiger partial charge in [0.25, 0.3) is 5.89 Å². The maximum Gasteiger partial charge on any atom is 0.356 e. The van der Waals surface area contributed by atoms with Crippen molar-refractivity contribution in [3.05, 3.63) is 52.2 Å². The predicted molar refractivity (Wildman–Crippen MR) is 79.9 cm³/mol. The van der Waals surface area contributed by atoms with Crippen molar-refractivity contribution in [3.8, 4) is 11.3 Å². The number of aromatic amines is 1. The maximum atomic E-state index is 11.9. The number of ether oxygens (including phenoxy) is 1. The van der Waals surface area contributed by atoms with E-state index in [-0.39, 0.29) is 18.2 Å². The molecule has 0 unspecified atom stereocenters. The first-order valence-electron chi connectivity index (χ1n) is 6.39. The molecule has 1 aromatic carbocycles. The summed E-state index contributed by atoms with van der Waals surface area (Å²) in [6.45, 7) is 1.61. The van der Waals surface area contributed by atoms with Crippen LogP contribution in [-0.4, -0.2) is 26.3 Å². The Morgan fingerprint density at radius 2 is 2.14 bits per heavy atom. The Bertz CT molecular complexity index is 795. The molecule has 2 aromatic heterocycles. The van der Waals surface area contributed by atoms with E-state index in [1.165, 1.54) is 0 Å². The summed E-state index contributed by atoms with van der Waals surface area (Å²) in [5.74, 6) is 0.204. The van der Waals surface area contributed by atoms with Gasteiger partial charge in [0, 0.05) is 10.0 Å². The molecule has 3 aromatic rings. The fourth-order valence-electron chi connectivity index (χ4n) is 1.80. The molecule has 0 saturated heterocycles. The highest BCUT2D eigenvalue weighted by molar-refractivity contribution is 9.10. The first-order chi connectivity index (χ1) is 10.6. The van der Waals surface area contributed by atoms with Crippen molar-refractivity contribution in [1.82, 2.24) is 20.3 Å². The Labute approximate surface area is 133 Å². The largest absolute Gasteiger partial charge is 0.451 e. The third-order valence-corrected chi connectivity index (χ3v) is 3.36. The van der Waals surface area contributed by atoms with Gasteiger partial charge in [-0.25, -0.2) is 4.79 Å². The number of hydrogen-bond donors (Lipinski definition) is 1. The summed E-state index contributed by atoms with van der Waals surface area (Å²) in [4.78, 5) is 15.9. The molecule has 0 bridgehead atoms. The summed E-state index contributed by atoms with van der Waals surface area (Å²) >= 11 is 3.37. The summed E-state index contributed by atoms with van der Waals surface area (Å²) in [6, 6.07) is 9.23. The zero-order chi connectivity index (χ0) is 15.5. The van der Waals surface area contributed by atoms with Gasteiger partial charge in [-0.3, -0.25) is 5.10 Å². The van der Waals surface area contributed by atoms with Crippen LogP contribution in [0.2, 0.25) is 0 Å². The number of rotatable bonds is 4. The van der Waals surface area contributed by atoms with E-state index in [1.807, 2.05) is 24.3 Å². The minimum absolute atomic E-state index is 0.0771. The van der Waals surface area contributed by atoms with Crippen molar-refractivity contribution in [2.24, 2.45) is 0 Å². The van der Waals surface area contributed by atoms with E-state index in [9.17, 15) is 4.79 Å². The van der Waals surface area contributed by atoms with Crippen LogP contribution in [0.5, 0.6) is 0 Å².